The molecule has 0 aliphatic heterocycles. The number of anilines is 1. The highest BCUT2D eigenvalue weighted by atomic mass is 35.5. The molecule has 0 aliphatic carbocycles. The number of carbonyl (C=O) groups excluding carboxylic acids is 2. The number of ether oxygens (including phenoxy) is 2. The summed E-state index contributed by atoms with van der Waals surface area (Å²) in [6.07, 6.45) is 2.27. The fourth-order valence-electron chi connectivity index (χ4n) is 2.61. The quantitative estimate of drug-likeness (QED) is 0.478. The van der Waals surface area contributed by atoms with Gasteiger partial charge in [-0.25, -0.2) is 5.43 Å². The lowest BCUT2D eigenvalue weighted by atomic mass is 10.2. The average Bonchev–Trinajstić information content (AvgIpc) is 2.71. The number of nitrogens with one attached hydrogen (secondary N) is 2. The summed E-state index contributed by atoms with van der Waals surface area (Å²) in [5, 5.41) is 7.33. The molecule has 0 unspecified atom stereocenters. The number of rotatable bonds is 9. The smallest absolute Gasteiger partial charge is 0.240 e. The zero-order chi connectivity index (χ0) is 21.2. The van der Waals surface area contributed by atoms with Crippen molar-refractivity contribution >= 4 is 35.3 Å². The third-order valence-corrected chi connectivity index (χ3v) is 4.59. The van der Waals surface area contributed by atoms with Crippen molar-refractivity contribution in [3.63, 3.8) is 0 Å². The van der Waals surface area contributed by atoms with Crippen LogP contribution in [0.1, 0.15) is 30.4 Å². The van der Waals surface area contributed by atoms with Crippen LogP contribution in [0.15, 0.2) is 41.5 Å². The van der Waals surface area contributed by atoms with Crippen LogP contribution in [0.3, 0.4) is 0 Å². The molecule has 2 aromatic rings. The number of amides is 2. The lowest BCUT2D eigenvalue weighted by molar-refractivity contribution is -0.121. The molecule has 7 nitrogen and oxygen atoms in total. The molecular weight excluding hydrogens is 394 g/mol. The van der Waals surface area contributed by atoms with Crippen molar-refractivity contribution in [2.75, 3.05) is 19.5 Å². The molecule has 2 amide bonds. The van der Waals surface area contributed by atoms with E-state index < -0.39 is 0 Å². The maximum atomic E-state index is 12.0. The predicted molar refractivity (Wildman–Crippen MR) is 114 cm³/mol. The van der Waals surface area contributed by atoms with Gasteiger partial charge in [-0.1, -0.05) is 23.7 Å². The molecule has 0 heterocycles. The van der Waals surface area contributed by atoms with Crippen LogP contribution in [0, 0.1) is 6.92 Å². The first-order valence-electron chi connectivity index (χ1n) is 9.04. The molecule has 0 saturated heterocycles. The first-order valence-corrected chi connectivity index (χ1v) is 9.42. The number of hydrazone groups is 1. The van der Waals surface area contributed by atoms with Gasteiger partial charge in [0.1, 0.15) is 0 Å². The topological polar surface area (TPSA) is 89.0 Å². The van der Waals surface area contributed by atoms with Crippen molar-refractivity contribution in [1.82, 2.24) is 5.43 Å². The van der Waals surface area contributed by atoms with Crippen LogP contribution >= 0.6 is 11.6 Å². The van der Waals surface area contributed by atoms with Gasteiger partial charge in [0.05, 0.1) is 20.4 Å². The summed E-state index contributed by atoms with van der Waals surface area (Å²) in [6, 6.07) is 10.7. The van der Waals surface area contributed by atoms with Gasteiger partial charge in [-0.2, -0.15) is 5.10 Å². The van der Waals surface area contributed by atoms with Crippen molar-refractivity contribution in [3.05, 3.63) is 52.5 Å². The Labute approximate surface area is 175 Å². The maximum absolute atomic E-state index is 12.0. The van der Waals surface area contributed by atoms with Gasteiger partial charge in [-0.05, 0) is 43.2 Å². The van der Waals surface area contributed by atoms with E-state index in [1.54, 1.807) is 43.5 Å². The van der Waals surface area contributed by atoms with E-state index in [2.05, 4.69) is 15.8 Å². The number of hydrogen-bond donors (Lipinski definition) is 2. The zero-order valence-electron chi connectivity index (χ0n) is 16.6. The summed E-state index contributed by atoms with van der Waals surface area (Å²) in [7, 11) is 3.08. The summed E-state index contributed by atoms with van der Waals surface area (Å²) < 4.78 is 10.5. The second-order valence-electron chi connectivity index (χ2n) is 6.19. The fraction of sp³-hybridized carbons (Fsp3) is 0.286. The number of nitrogens with zero attached hydrogens (tertiary/aromatic N) is 1. The number of hydrogen-bond acceptors (Lipinski definition) is 5. The summed E-state index contributed by atoms with van der Waals surface area (Å²) in [5.41, 5.74) is 4.59. The molecule has 29 heavy (non-hydrogen) atoms. The van der Waals surface area contributed by atoms with E-state index in [0.29, 0.717) is 34.2 Å². The number of carbonyl (C=O) groups is 2. The van der Waals surface area contributed by atoms with Crippen molar-refractivity contribution < 1.29 is 19.1 Å². The normalized spacial score (nSPS) is 10.6. The van der Waals surface area contributed by atoms with Crippen LogP contribution in [0.4, 0.5) is 5.69 Å². The zero-order valence-corrected chi connectivity index (χ0v) is 17.4. The van der Waals surface area contributed by atoms with Gasteiger partial charge in [-0.15, -0.1) is 0 Å². The summed E-state index contributed by atoms with van der Waals surface area (Å²) in [6.45, 7) is 1.83. The first-order chi connectivity index (χ1) is 14.0. The summed E-state index contributed by atoms with van der Waals surface area (Å²) in [4.78, 5) is 24.0. The van der Waals surface area contributed by atoms with Crippen LogP contribution in [0.25, 0.3) is 0 Å². The van der Waals surface area contributed by atoms with E-state index in [4.69, 9.17) is 21.1 Å². The molecule has 2 N–H and O–H groups in total. The van der Waals surface area contributed by atoms with Crippen molar-refractivity contribution in [3.8, 4) is 11.5 Å². The Bertz CT molecular complexity index is 899. The summed E-state index contributed by atoms with van der Waals surface area (Å²) >= 11 is 6.04. The van der Waals surface area contributed by atoms with Crippen LogP contribution in [-0.4, -0.2) is 32.2 Å². The molecule has 2 aromatic carbocycles. The molecule has 2 rings (SSSR count). The number of para-hydroxylation sites is 1. The van der Waals surface area contributed by atoms with E-state index >= 15 is 0 Å². The number of benzene rings is 2. The predicted octanol–water partition coefficient (Wildman–Crippen LogP) is 3.92. The van der Waals surface area contributed by atoms with Crippen molar-refractivity contribution in [2.45, 2.75) is 26.2 Å². The highest BCUT2D eigenvalue weighted by Crippen LogP contribution is 2.29. The van der Waals surface area contributed by atoms with E-state index in [-0.39, 0.29) is 24.7 Å². The minimum absolute atomic E-state index is 0.173. The minimum atomic E-state index is -0.283. The molecule has 0 aromatic heterocycles. The summed E-state index contributed by atoms with van der Waals surface area (Å²) in [5.74, 6) is 0.646. The molecule has 154 valence electrons. The average molecular weight is 418 g/mol. The highest BCUT2D eigenvalue weighted by Gasteiger charge is 2.09. The molecule has 0 atom stereocenters. The van der Waals surface area contributed by atoms with Gasteiger partial charge in [0.2, 0.25) is 11.8 Å². The van der Waals surface area contributed by atoms with Crippen molar-refractivity contribution in [2.24, 2.45) is 5.10 Å². The Morgan fingerprint density at radius 2 is 1.79 bits per heavy atom. The van der Waals surface area contributed by atoms with E-state index in [1.807, 2.05) is 6.92 Å². The van der Waals surface area contributed by atoms with Crippen LogP contribution in [0.2, 0.25) is 5.02 Å². The van der Waals surface area contributed by atoms with E-state index in [0.717, 1.165) is 5.56 Å². The van der Waals surface area contributed by atoms with Gasteiger partial charge in [0, 0.05) is 29.1 Å². The van der Waals surface area contributed by atoms with Gasteiger partial charge in [0.25, 0.3) is 0 Å². The Kier molecular flexibility index (Phi) is 8.48. The van der Waals surface area contributed by atoms with Gasteiger partial charge < -0.3 is 14.8 Å². The van der Waals surface area contributed by atoms with E-state index in [1.165, 1.54) is 13.3 Å². The minimum Gasteiger partial charge on any atom is -0.493 e. The molecule has 0 fully saturated rings. The standard InChI is InChI=1S/C21H24ClN3O4/c1-14-16(22)8-5-9-17(14)24-19(26)11-6-12-20(27)25-23-13-15-7-4-10-18(28-2)21(15)29-3/h4-5,7-10,13H,6,11-12H2,1-3H3,(H,24,26)(H,25,27)/b23-13-. The van der Waals surface area contributed by atoms with Gasteiger partial charge >= 0.3 is 0 Å². The highest BCUT2D eigenvalue weighted by molar-refractivity contribution is 6.31. The fourth-order valence-corrected chi connectivity index (χ4v) is 2.78. The molecule has 0 radical (unpaired) electrons. The first kappa shape index (κ1) is 22.2. The molecule has 0 bridgehead atoms. The largest absolute Gasteiger partial charge is 0.493 e. The monoisotopic (exact) mass is 417 g/mol. The Hall–Kier alpha value is -3.06. The second kappa shape index (κ2) is 11.1. The lowest BCUT2D eigenvalue weighted by Gasteiger charge is -2.09. The number of halogens is 1. The third kappa shape index (κ3) is 6.50. The third-order valence-electron chi connectivity index (χ3n) is 4.18. The molecule has 0 saturated carbocycles. The molecular formula is C21H24ClN3O4. The van der Waals surface area contributed by atoms with Crippen LogP contribution in [-0.2, 0) is 9.59 Å². The van der Waals surface area contributed by atoms with Crippen LogP contribution in [0.5, 0.6) is 11.5 Å². The van der Waals surface area contributed by atoms with Crippen LogP contribution < -0.4 is 20.2 Å². The Morgan fingerprint density at radius 1 is 1.07 bits per heavy atom. The Morgan fingerprint density at radius 3 is 2.52 bits per heavy atom. The Balaban J connectivity index is 1.78. The van der Waals surface area contributed by atoms with Gasteiger partial charge in [-0.3, -0.25) is 9.59 Å². The van der Waals surface area contributed by atoms with E-state index in [9.17, 15) is 9.59 Å². The molecule has 8 heteroatoms. The lowest BCUT2D eigenvalue weighted by Crippen LogP contribution is -2.18. The maximum Gasteiger partial charge on any atom is 0.240 e. The van der Waals surface area contributed by atoms with Crippen molar-refractivity contribution in [1.29, 1.82) is 0 Å². The second-order valence-corrected chi connectivity index (χ2v) is 6.60. The number of methoxy groups -OCH3 is 2. The SMILES string of the molecule is COc1cccc(/C=N\NC(=O)CCCC(=O)Nc2cccc(Cl)c2C)c1OC. The van der Waals surface area contributed by atoms with Gasteiger partial charge in [0.15, 0.2) is 11.5 Å². The molecule has 0 aliphatic rings. The molecule has 0 spiro atoms.